The van der Waals surface area contributed by atoms with Crippen molar-refractivity contribution >= 4 is 32.6 Å². The Bertz CT molecular complexity index is 3380. The first-order valence-corrected chi connectivity index (χ1v) is 20.8. The SMILES string of the molecule is CC1(C)c2ccccc2-c2cc(-c3c4ccccc4c(-c4nc5ccccc5n4-c4ccccc4)c4ccc(-c5ccc6c(c5)C(C)(C)c5ccccc5-6)cc34)ccc21. The molecule has 2 heteroatoms. The van der Waals surface area contributed by atoms with Gasteiger partial charge in [-0.15, -0.1) is 0 Å². The minimum atomic E-state index is -0.0850. The number of hydrogen-bond donors (Lipinski definition) is 0. The molecule has 12 rings (SSSR count). The molecule has 0 N–H and O–H groups in total. The van der Waals surface area contributed by atoms with E-state index in [1.54, 1.807) is 0 Å². The van der Waals surface area contributed by atoms with Crippen molar-refractivity contribution in [1.29, 1.82) is 0 Å². The number of fused-ring (bicyclic) bond motifs is 9. The maximum Gasteiger partial charge on any atom is 0.146 e. The standard InChI is InChI=1S/C57H42N2/c1-56(2)48-23-13-11-19-40(48)45-33-37(28-31-49(45)56)53-42-20-8-9-21-43(42)54(55-58-51-24-14-15-25-52(51)59(55)38-16-6-5-7-17-38)44-30-27-35(32-46(44)53)36-26-29-41-39-18-10-12-22-47(39)57(3,4)50(41)34-36/h5-34H,1-4H3. The molecule has 0 saturated heterocycles. The van der Waals surface area contributed by atoms with Crippen LogP contribution in [-0.4, -0.2) is 9.55 Å². The molecule has 0 saturated carbocycles. The average molecular weight is 755 g/mol. The highest BCUT2D eigenvalue weighted by Crippen LogP contribution is 2.53. The molecule has 10 aromatic rings. The third-order valence-corrected chi connectivity index (χ3v) is 13.6. The van der Waals surface area contributed by atoms with Crippen molar-refractivity contribution in [3.8, 4) is 61.6 Å². The van der Waals surface area contributed by atoms with E-state index in [9.17, 15) is 0 Å². The Hall–Kier alpha value is -7.03. The van der Waals surface area contributed by atoms with Crippen LogP contribution in [0.3, 0.4) is 0 Å². The van der Waals surface area contributed by atoms with E-state index in [-0.39, 0.29) is 10.8 Å². The van der Waals surface area contributed by atoms with Crippen molar-refractivity contribution < 1.29 is 0 Å². The van der Waals surface area contributed by atoms with Gasteiger partial charge in [-0.3, -0.25) is 4.57 Å². The zero-order valence-electron chi connectivity index (χ0n) is 33.7. The van der Waals surface area contributed by atoms with Crippen LogP contribution in [0.2, 0.25) is 0 Å². The number of aromatic nitrogens is 2. The van der Waals surface area contributed by atoms with Crippen LogP contribution in [0, 0.1) is 0 Å². The minimum absolute atomic E-state index is 0.0663. The van der Waals surface area contributed by atoms with E-state index in [0.29, 0.717) is 0 Å². The van der Waals surface area contributed by atoms with Crippen LogP contribution in [0.5, 0.6) is 0 Å². The first kappa shape index (κ1) is 34.0. The fraction of sp³-hybridized carbons (Fsp3) is 0.105. The lowest BCUT2D eigenvalue weighted by molar-refractivity contribution is 0.660. The molecule has 0 spiro atoms. The normalized spacial score (nSPS) is 14.4. The van der Waals surface area contributed by atoms with Gasteiger partial charge in [-0.1, -0.05) is 167 Å². The summed E-state index contributed by atoms with van der Waals surface area (Å²) in [5.41, 5.74) is 20.0. The summed E-state index contributed by atoms with van der Waals surface area (Å²) in [4.78, 5) is 5.47. The minimum Gasteiger partial charge on any atom is -0.292 e. The van der Waals surface area contributed by atoms with Gasteiger partial charge in [-0.2, -0.15) is 0 Å². The van der Waals surface area contributed by atoms with Crippen molar-refractivity contribution in [2.24, 2.45) is 0 Å². The van der Waals surface area contributed by atoms with Gasteiger partial charge in [0, 0.05) is 22.1 Å². The number of rotatable bonds is 4. The second kappa shape index (κ2) is 12.2. The molecule has 0 fully saturated rings. The van der Waals surface area contributed by atoms with E-state index in [1.807, 2.05) is 0 Å². The Kier molecular flexibility index (Phi) is 7.06. The van der Waals surface area contributed by atoms with Gasteiger partial charge in [0.2, 0.25) is 0 Å². The lowest BCUT2D eigenvalue weighted by Gasteiger charge is -2.23. The summed E-state index contributed by atoms with van der Waals surface area (Å²) >= 11 is 0. The molecule has 0 radical (unpaired) electrons. The number of imidazole rings is 1. The van der Waals surface area contributed by atoms with Crippen molar-refractivity contribution in [3.63, 3.8) is 0 Å². The molecular weight excluding hydrogens is 713 g/mol. The predicted octanol–water partition coefficient (Wildman–Crippen LogP) is 14.9. The van der Waals surface area contributed by atoms with E-state index >= 15 is 0 Å². The van der Waals surface area contributed by atoms with Crippen molar-refractivity contribution in [2.75, 3.05) is 0 Å². The van der Waals surface area contributed by atoms with Gasteiger partial charge in [0.1, 0.15) is 5.82 Å². The molecular formula is C57H42N2. The number of hydrogen-bond acceptors (Lipinski definition) is 1. The van der Waals surface area contributed by atoms with Gasteiger partial charge in [0.25, 0.3) is 0 Å². The highest BCUT2D eigenvalue weighted by molar-refractivity contribution is 6.22. The second-order valence-electron chi connectivity index (χ2n) is 17.5. The molecule has 2 nitrogen and oxygen atoms in total. The molecule has 280 valence electrons. The highest BCUT2D eigenvalue weighted by atomic mass is 15.1. The van der Waals surface area contributed by atoms with Crippen LogP contribution in [0.15, 0.2) is 182 Å². The zero-order valence-corrected chi connectivity index (χ0v) is 33.7. The smallest absolute Gasteiger partial charge is 0.146 e. The molecule has 0 amide bonds. The quantitative estimate of drug-likeness (QED) is 0.164. The third-order valence-electron chi connectivity index (χ3n) is 13.6. The molecule has 2 aliphatic rings. The molecule has 0 bridgehead atoms. The van der Waals surface area contributed by atoms with Crippen molar-refractivity contribution in [2.45, 2.75) is 38.5 Å². The van der Waals surface area contributed by atoms with Crippen molar-refractivity contribution in [1.82, 2.24) is 9.55 Å². The summed E-state index contributed by atoms with van der Waals surface area (Å²) in [6, 6.07) is 67.5. The van der Waals surface area contributed by atoms with Crippen molar-refractivity contribution in [3.05, 3.63) is 204 Å². The Morgan fingerprint density at radius 3 is 1.69 bits per heavy atom. The van der Waals surface area contributed by atoms with E-state index in [4.69, 9.17) is 4.98 Å². The molecule has 59 heavy (non-hydrogen) atoms. The number of benzene rings is 9. The first-order valence-electron chi connectivity index (χ1n) is 20.8. The van der Waals surface area contributed by atoms with Crippen LogP contribution in [0.1, 0.15) is 49.9 Å². The largest absolute Gasteiger partial charge is 0.292 e. The van der Waals surface area contributed by atoms with Crippen LogP contribution in [-0.2, 0) is 10.8 Å². The van der Waals surface area contributed by atoms with Crippen LogP contribution in [0.25, 0.3) is 94.2 Å². The topological polar surface area (TPSA) is 17.8 Å². The van der Waals surface area contributed by atoms with Gasteiger partial charge in [0.15, 0.2) is 0 Å². The third kappa shape index (κ3) is 4.78. The van der Waals surface area contributed by atoms with E-state index in [0.717, 1.165) is 28.1 Å². The summed E-state index contributed by atoms with van der Waals surface area (Å²) in [7, 11) is 0. The molecule has 2 aliphatic carbocycles. The Labute approximate surface area is 345 Å². The van der Waals surface area contributed by atoms with E-state index in [2.05, 4.69) is 214 Å². The van der Waals surface area contributed by atoms with Gasteiger partial charge >= 0.3 is 0 Å². The van der Waals surface area contributed by atoms with Crippen LogP contribution in [0.4, 0.5) is 0 Å². The Morgan fingerprint density at radius 2 is 0.915 bits per heavy atom. The Balaban J connectivity index is 1.17. The predicted molar refractivity (Wildman–Crippen MR) is 248 cm³/mol. The van der Waals surface area contributed by atoms with Gasteiger partial charge < -0.3 is 0 Å². The van der Waals surface area contributed by atoms with E-state index < -0.39 is 0 Å². The fourth-order valence-electron chi connectivity index (χ4n) is 10.7. The monoisotopic (exact) mass is 754 g/mol. The van der Waals surface area contributed by atoms with Gasteiger partial charge in [-0.05, 0) is 131 Å². The lowest BCUT2D eigenvalue weighted by atomic mass is 9.81. The summed E-state index contributed by atoms with van der Waals surface area (Å²) in [6.07, 6.45) is 0. The highest BCUT2D eigenvalue weighted by Gasteiger charge is 2.37. The molecule has 0 atom stereocenters. The maximum absolute atomic E-state index is 5.47. The van der Waals surface area contributed by atoms with Gasteiger partial charge in [0.05, 0.1) is 11.0 Å². The first-order chi connectivity index (χ1) is 28.8. The maximum atomic E-state index is 5.47. The summed E-state index contributed by atoms with van der Waals surface area (Å²) in [5, 5.41) is 4.81. The Morgan fingerprint density at radius 1 is 0.373 bits per heavy atom. The lowest BCUT2D eigenvalue weighted by Crippen LogP contribution is -2.14. The summed E-state index contributed by atoms with van der Waals surface area (Å²) in [6.45, 7) is 9.45. The number of para-hydroxylation sites is 3. The number of nitrogens with zero attached hydrogens (tertiary/aromatic N) is 2. The fourth-order valence-corrected chi connectivity index (χ4v) is 10.7. The zero-order chi connectivity index (χ0) is 39.6. The van der Waals surface area contributed by atoms with E-state index in [1.165, 1.54) is 88.3 Å². The summed E-state index contributed by atoms with van der Waals surface area (Å²) in [5.74, 6) is 0.944. The van der Waals surface area contributed by atoms with Crippen LogP contribution >= 0.6 is 0 Å². The average Bonchev–Trinajstić information content (AvgIpc) is 3.85. The van der Waals surface area contributed by atoms with Crippen LogP contribution < -0.4 is 0 Å². The molecule has 9 aromatic carbocycles. The molecule has 0 unspecified atom stereocenters. The van der Waals surface area contributed by atoms with Gasteiger partial charge in [-0.25, -0.2) is 4.98 Å². The molecule has 0 aliphatic heterocycles. The second-order valence-corrected chi connectivity index (χ2v) is 17.5. The summed E-state index contributed by atoms with van der Waals surface area (Å²) < 4.78 is 2.35. The molecule has 1 aromatic heterocycles. The molecule has 1 heterocycles.